The second-order valence-electron chi connectivity index (χ2n) is 2.17. The van der Waals surface area contributed by atoms with Crippen LogP contribution in [0.15, 0.2) is 16.4 Å². The molecule has 2 heterocycles. The lowest BCUT2D eigenvalue weighted by molar-refractivity contribution is 0.111. The van der Waals surface area contributed by atoms with Gasteiger partial charge in [0.1, 0.15) is 0 Å². The summed E-state index contributed by atoms with van der Waals surface area (Å²) < 4.78 is 0. The Kier molecular flexibility index (Phi) is 1.65. The summed E-state index contributed by atoms with van der Waals surface area (Å²) in [6, 6.07) is 0. The second kappa shape index (κ2) is 2.64. The summed E-state index contributed by atoms with van der Waals surface area (Å²) in [4.78, 5) is 9.17. The Morgan fingerprint density at radius 3 is 3.30 bits per heavy atom. The number of hydroxylamine groups is 1. The van der Waals surface area contributed by atoms with Gasteiger partial charge in [0.2, 0.25) is 0 Å². The maximum atomic E-state index is 4.98. The maximum Gasteiger partial charge on any atom is 0.0801 e. The minimum atomic E-state index is 0.777. The number of nitrogens with zero attached hydrogens (tertiary/aromatic N) is 1. The summed E-state index contributed by atoms with van der Waals surface area (Å²) in [5, 5.41) is 0. The second-order valence-corrected chi connectivity index (χ2v) is 3.00. The topological polar surface area (TPSA) is 33.6 Å². The molecule has 0 atom stereocenters. The number of nitrogens with one attached hydrogen (secondary N) is 1. The Labute approximate surface area is 63.5 Å². The molecule has 2 rings (SSSR count). The van der Waals surface area contributed by atoms with E-state index in [4.69, 9.17) is 4.84 Å². The van der Waals surface area contributed by atoms with E-state index in [1.165, 1.54) is 0 Å². The molecule has 0 amide bonds. The smallest absolute Gasteiger partial charge is 0.0801 e. The van der Waals surface area contributed by atoms with Crippen molar-refractivity contribution in [2.45, 2.75) is 6.42 Å². The number of thioether (sulfide) groups is 1. The molecule has 1 saturated heterocycles. The van der Waals surface area contributed by atoms with Crippen molar-refractivity contribution in [2.24, 2.45) is 4.99 Å². The third-order valence-corrected chi connectivity index (χ3v) is 2.20. The highest BCUT2D eigenvalue weighted by Gasteiger charge is 2.13. The summed E-state index contributed by atoms with van der Waals surface area (Å²) in [6.07, 6.45) is 0.979. The first-order chi connectivity index (χ1) is 4.97. The van der Waals surface area contributed by atoms with E-state index in [9.17, 15) is 0 Å². The van der Waals surface area contributed by atoms with Crippen LogP contribution in [-0.2, 0) is 4.84 Å². The highest BCUT2D eigenvalue weighted by molar-refractivity contribution is 8.12. The highest BCUT2D eigenvalue weighted by Crippen LogP contribution is 2.21. The monoisotopic (exact) mass is 156 g/mol. The molecule has 0 aliphatic carbocycles. The molecule has 0 unspecified atom stereocenters. The van der Waals surface area contributed by atoms with E-state index in [1.54, 1.807) is 11.8 Å². The molecule has 54 valence electrons. The SMILES string of the molecule is C1=N/C(=C2/CCON2)CS1. The lowest BCUT2D eigenvalue weighted by atomic mass is 10.3. The molecule has 0 saturated carbocycles. The largest absolute Gasteiger partial charge is 0.276 e. The fourth-order valence-corrected chi connectivity index (χ4v) is 1.65. The summed E-state index contributed by atoms with van der Waals surface area (Å²) in [7, 11) is 0. The van der Waals surface area contributed by atoms with E-state index in [0.717, 1.165) is 30.2 Å². The number of rotatable bonds is 0. The van der Waals surface area contributed by atoms with E-state index in [2.05, 4.69) is 10.5 Å². The fraction of sp³-hybridized carbons (Fsp3) is 0.500. The molecule has 0 aromatic rings. The lowest BCUT2D eigenvalue weighted by Crippen LogP contribution is -2.04. The molecule has 0 radical (unpaired) electrons. The summed E-state index contributed by atoms with van der Waals surface area (Å²) in [5.74, 6) is 0.992. The van der Waals surface area contributed by atoms with E-state index in [-0.39, 0.29) is 0 Å². The van der Waals surface area contributed by atoms with Gasteiger partial charge >= 0.3 is 0 Å². The van der Waals surface area contributed by atoms with Crippen LogP contribution < -0.4 is 5.48 Å². The molecule has 1 N–H and O–H groups in total. The summed E-state index contributed by atoms with van der Waals surface area (Å²) in [6.45, 7) is 0.777. The predicted molar refractivity (Wildman–Crippen MR) is 41.7 cm³/mol. The predicted octanol–water partition coefficient (Wildman–Crippen LogP) is 0.898. The van der Waals surface area contributed by atoms with Crippen LogP contribution in [0.25, 0.3) is 0 Å². The Hall–Kier alpha value is -0.480. The minimum absolute atomic E-state index is 0.777. The third kappa shape index (κ3) is 1.04. The van der Waals surface area contributed by atoms with Crippen molar-refractivity contribution in [1.82, 2.24) is 5.48 Å². The molecule has 2 aliphatic heterocycles. The zero-order chi connectivity index (χ0) is 6.81. The Bertz CT molecular complexity index is 192. The van der Waals surface area contributed by atoms with E-state index < -0.39 is 0 Å². The molecule has 3 nitrogen and oxygen atoms in total. The van der Waals surface area contributed by atoms with Crippen LogP contribution in [0, 0.1) is 0 Å². The molecule has 0 aromatic heterocycles. The van der Waals surface area contributed by atoms with Crippen LogP contribution >= 0.6 is 11.8 Å². The van der Waals surface area contributed by atoms with E-state index in [0.29, 0.717) is 0 Å². The van der Waals surface area contributed by atoms with Gasteiger partial charge in [-0.25, -0.2) is 0 Å². The van der Waals surface area contributed by atoms with Crippen molar-refractivity contribution < 1.29 is 4.84 Å². The van der Waals surface area contributed by atoms with Crippen LogP contribution in [0.1, 0.15) is 6.42 Å². The molecule has 0 spiro atoms. The molecule has 2 aliphatic rings. The molecule has 0 aromatic carbocycles. The van der Waals surface area contributed by atoms with Crippen LogP contribution in [0.5, 0.6) is 0 Å². The summed E-state index contributed by atoms with van der Waals surface area (Å²) in [5.41, 5.74) is 7.02. The van der Waals surface area contributed by atoms with Gasteiger partial charge in [-0.2, -0.15) is 0 Å². The van der Waals surface area contributed by atoms with Gasteiger partial charge in [-0.15, -0.1) is 11.8 Å². The van der Waals surface area contributed by atoms with Gasteiger partial charge in [0, 0.05) is 12.2 Å². The molecular weight excluding hydrogens is 148 g/mol. The molecule has 4 heteroatoms. The average molecular weight is 156 g/mol. The van der Waals surface area contributed by atoms with Gasteiger partial charge in [0.05, 0.1) is 23.5 Å². The number of hydrogen-bond acceptors (Lipinski definition) is 4. The van der Waals surface area contributed by atoms with Crippen LogP contribution in [0.4, 0.5) is 0 Å². The standard InChI is InChI=1S/C6H8N2OS/c1-2-9-8-5(1)6-3-10-4-7-6/h4,8H,1-3H2/b6-5-. The Morgan fingerprint density at radius 2 is 2.70 bits per heavy atom. The average Bonchev–Trinajstić information content (AvgIpc) is 2.59. The van der Waals surface area contributed by atoms with Crippen molar-refractivity contribution >= 4 is 17.3 Å². The van der Waals surface area contributed by atoms with Gasteiger partial charge < -0.3 is 0 Å². The maximum absolute atomic E-state index is 4.98. The van der Waals surface area contributed by atoms with Crippen LogP contribution in [0.3, 0.4) is 0 Å². The molecule has 10 heavy (non-hydrogen) atoms. The van der Waals surface area contributed by atoms with Crippen molar-refractivity contribution in [2.75, 3.05) is 12.4 Å². The molecule has 0 bridgehead atoms. The van der Waals surface area contributed by atoms with Gasteiger partial charge in [-0.05, 0) is 0 Å². The van der Waals surface area contributed by atoms with Gasteiger partial charge in [0.25, 0.3) is 0 Å². The molecule has 1 fully saturated rings. The zero-order valence-corrected chi connectivity index (χ0v) is 6.28. The lowest BCUT2D eigenvalue weighted by Gasteiger charge is -1.97. The molecular formula is C6H8N2OS. The van der Waals surface area contributed by atoms with E-state index in [1.807, 2.05) is 5.55 Å². The van der Waals surface area contributed by atoms with Crippen molar-refractivity contribution in [3.63, 3.8) is 0 Å². The van der Waals surface area contributed by atoms with Gasteiger partial charge in [-0.3, -0.25) is 15.3 Å². The first-order valence-electron chi connectivity index (χ1n) is 3.21. The fourth-order valence-electron chi connectivity index (χ4n) is 0.965. The number of hydrogen-bond donors (Lipinski definition) is 1. The van der Waals surface area contributed by atoms with Gasteiger partial charge in [-0.1, -0.05) is 0 Å². The van der Waals surface area contributed by atoms with Crippen molar-refractivity contribution in [1.29, 1.82) is 0 Å². The Balaban J connectivity index is 2.18. The van der Waals surface area contributed by atoms with Crippen LogP contribution in [0.2, 0.25) is 0 Å². The van der Waals surface area contributed by atoms with Crippen molar-refractivity contribution in [3.8, 4) is 0 Å². The Morgan fingerprint density at radius 1 is 1.70 bits per heavy atom. The number of aliphatic imine (C=N–C) groups is 1. The zero-order valence-electron chi connectivity index (χ0n) is 5.46. The van der Waals surface area contributed by atoms with E-state index >= 15 is 0 Å². The first kappa shape index (κ1) is 6.24. The van der Waals surface area contributed by atoms with Crippen molar-refractivity contribution in [3.05, 3.63) is 11.4 Å². The normalized spacial score (nSPS) is 31.2. The van der Waals surface area contributed by atoms with Gasteiger partial charge in [0.15, 0.2) is 0 Å². The quantitative estimate of drug-likeness (QED) is 0.565. The minimum Gasteiger partial charge on any atom is -0.276 e. The summed E-state index contributed by atoms with van der Waals surface area (Å²) >= 11 is 1.72. The third-order valence-electron chi connectivity index (χ3n) is 1.50. The highest BCUT2D eigenvalue weighted by atomic mass is 32.2. The first-order valence-corrected chi connectivity index (χ1v) is 4.25. The van der Waals surface area contributed by atoms with Crippen LogP contribution in [-0.4, -0.2) is 17.9 Å².